The molecule has 20 heavy (non-hydrogen) atoms. The van der Waals surface area contributed by atoms with E-state index in [2.05, 4.69) is 38.1 Å². The predicted octanol–water partition coefficient (Wildman–Crippen LogP) is 6.14. The Labute approximate surface area is 129 Å². The van der Waals surface area contributed by atoms with Gasteiger partial charge in [-0.05, 0) is 61.5 Å². The number of benzene rings is 1. The van der Waals surface area contributed by atoms with E-state index in [4.69, 9.17) is 11.6 Å². The summed E-state index contributed by atoms with van der Waals surface area (Å²) in [4.78, 5) is 0. The van der Waals surface area contributed by atoms with E-state index < -0.39 is 0 Å². The summed E-state index contributed by atoms with van der Waals surface area (Å²) in [6.07, 6.45) is 10.7. The van der Waals surface area contributed by atoms with Crippen LogP contribution < -0.4 is 0 Å². The van der Waals surface area contributed by atoms with Crippen LogP contribution in [0.15, 0.2) is 24.3 Å². The predicted molar refractivity (Wildman–Crippen MR) is 89.5 cm³/mol. The molecule has 0 nitrogen and oxygen atoms in total. The highest BCUT2D eigenvalue weighted by molar-refractivity contribution is 6.18. The van der Waals surface area contributed by atoms with Gasteiger partial charge in [0.25, 0.3) is 0 Å². The van der Waals surface area contributed by atoms with Crippen LogP contribution in [0.3, 0.4) is 0 Å². The Morgan fingerprint density at radius 2 is 1.90 bits per heavy atom. The van der Waals surface area contributed by atoms with Crippen LogP contribution in [0.1, 0.15) is 63.0 Å². The molecule has 0 aliphatic heterocycles. The van der Waals surface area contributed by atoms with Crippen molar-refractivity contribution in [2.45, 2.75) is 65.2 Å². The van der Waals surface area contributed by atoms with Crippen molar-refractivity contribution in [3.8, 4) is 0 Å². The lowest BCUT2D eigenvalue weighted by molar-refractivity contribution is 0.166. The number of halogens is 1. The normalized spacial score (nSPS) is 26.6. The van der Waals surface area contributed by atoms with Gasteiger partial charge < -0.3 is 0 Å². The van der Waals surface area contributed by atoms with Crippen LogP contribution in [0.2, 0.25) is 0 Å². The topological polar surface area (TPSA) is 0 Å². The van der Waals surface area contributed by atoms with Crippen LogP contribution in [-0.4, -0.2) is 5.88 Å². The molecule has 1 fully saturated rings. The van der Waals surface area contributed by atoms with Crippen molar-refractivity contribution in [1.82, 2.24) is 0 Å². The molecule has 0 heterocycles. The largest absolute Gasteiger partial charge is 0.126 e. The third-order valence-electron chi connectivity index (χ3n) is 5.24. The van der Waals surface area contributed by atoms with Gasteiger partial charge in [-0.3, -0.25) is 0 Å². The molecule has 1 saturated carbocycles. The number of unbranched alkanes of at least 4 members (excludes halogenated alkanes) is 1. The molecule has 0 saturated heterocycles. The third kappa shape index (κ3) is 4.01. The molecule has 1 heteroatoms. The number of rotatable bonds is 6. The van der Waals surface area contributed by atoms with Gasteiger partial charge in [0.15, 0.2) is 0 Å². The molecule has 0 spiro atoms. The molecule has 0 N–H and O–H groups in total. The Morgan fingerprint density at radius 1 is 1.20 bits per heavy atom. The van der Waals surface area contributed by atoms with Crippen LogP contribution in [-0.2, 0) is 6.42 Å². The molecular weight excluding hydrogens is 264 g/mol. The Kier molecular flexibility index (Phi) is 5.96. The summed E-state index contributed by atoms with van der Waals surface area (Å²) in [6.45, 7) is 4.52. The Morgan fingerprint density at radius 3 is 2.50 bits per heavy atom. The minimum Gasteiger partial charge on any atom is -0.126 e. The van der Waals surface area contributed by atoms with Crippen molar-refractivity contribution >= 4 is 11.6 Å². The third-order valence-corrected chi connectivity index (χ3v) is 5.81. The second-order valence-electron chi connectivity index (χ2n) is 6.82. The number of hydrogen-bond acceptors (Lipinski definition) is 0. The van der Waals surface area contributed by atoms with Crippen molar-refractivity contribution < 1.29 is 0 Å². The molecule has 0 amide bonds. The first-order chi connectivity index (χ1) is 9.69. The molecule has 112 valence electrons. The lowest BCUT2D eigenvalue weighted by Gasteiger charge is -2.39. The summed E-state index contributed by atoms with van der Waals surface area (Å²) >= 11 is 6.39. The zero-order chi connectivity index (χ0) is 14.4. The van der Waals surface area contributed by atoms with E-state index in [9.17, 15) is 0 Å². The van der Waals surface area contributed by atoms with Gasteiger partial charge in [0.05, 0.1) is 0 Å². The fourth-order valence-corrected chi connectivity index (χ4v) is 4.00. The van der Waals surface area contributed by atoms with Gasteiger partial charge in [-0.15, -0.1) is 11.6 Å². The molecule has 1 aliphatic carbocycles. The van der Waals surface area contributed by atoms with Crippen LogP contribution in [0.4, 0.5) is 0 Å². The maximum absolute atomic E-state index is 6.39. The van der Waals surface area contributed by atoms with Gasteiger partial charge in [-0.25, -0.2) is 0 Å². The standard InChI is InChI=1S/C19H29Cl/c1-3-4-8-17-10-12-19(15-20,13-11-17)14-18-9-6-5-7-16(18)2/h5-7,9,17H,3-4,8,10-15H2,1-2H3. The van der Waals surface area contributed by atoms with Gasteiger partial charge in [-0.2, -0.15) is 0 Å². The monoisotopic (exact) mass is 292 g/mol. The van der Waals surface area contributed by atoms with E-state index in [0.29, 0.717) is 5.41 Å². The van der Waals surface area contributed by atoms with Gasteiger partial charge >= 0.3 is 0 Å². The summed E-state index contributed by atoms with van der Waals surface area (Å²) in [7, 11) is 0. The first-order valence-electron chi connectivity index (χ1n) is 8.29. The summed E-state index contributed by atoms with van der Waals surface area (Å²) in [5, 5.41) is 0. The maximum Gasteiger partial charge on any atom is 0.0283 e. The summed E-state index contributed by atoms with van der Waals surface area (Å²) in [6, 6.07) is 8.81. The lowest BCUT2D eigenvalue weighted by Crippen LogP contribution is -2.31. The second kappa shape index (κ2) is 7.50. The highest BCUT2D eigenvalue weighted by Gasteiger charge is 2.34. The van der Waals surface area contributed by atoms with Crippen molar-refractivity contribution in [2.24, 2.45) is 11.3 Å². The smallest absolute Gasteiger partial charge is 0.0283 e. The van der Waals surface area contributed by atoms with E-state index in [-0.39, 0.29) is 0 Å². The molecule has 0 aromatic heterocycles. The van der Waals surface area contributed by atoms with Crippen molar-refractivity contribution in [1.29, 1.82) is 0 Å². The summed E-state index contributed by atoms with van der Waals surface area (Å²) in [5.74, 6) is 1.78. The van der Waals surface area contributed by atoms with Gasteiger partial charge in [0.1, 0.15) is 0 Å². The van der Waals surface area contributed by atoms with Crippen molar-refractivity contribution in [3.63, 3.8) is 0 Å². The fraction of sp³-hybridized carbons (Fsp3) is 0.684. The maximum atomic E-state index is 6.39. The molecule has 0 unspecified atom stereocenters. The number of alkyl halides is 1. The average molecular weight is 293 g/mol. The van der Waals surface area contributed by atoms with E-state index in [0.717, 1.165) is 11.8 Å². The zero-order valence-corrected chi connectivity index (χ0v) is 13.9. The minimum absolute atomic E-state index is 0.358. The SMILES string of the molecule is CCCCC1CCC(CCl)(Cc2ccccc2C)CC1. The Hall–Kier alpha value is -0.490. The first-order valence-corrected chi connectivity index (χ1v) is 8.83. The van der Waals surface area contributed by atoms with E-state index in [1.54, 1.807) is 0 Å². The number of hydrogen-bond donors (Lipinski definition) is 0. The summed E-state index contributed by atoms with van der Waals surface area (Å²) in [5.41, 5.74) is 3.28. The first kappa shape index (κ1) is 15.9. The van der Waals surface area contributed by atoms with E-state index in [1.807, 2.05) is 0 Å². The van der Waals surface area contributed by atoms with Crippen LogP contribution in [0.5, 0.6) is 0 Å². The number of aryl methyl sites for hydroxylation is 1. The van der Waals surface area contributed by atoms with Crippen molar-refractivity contribution in [2.75, 3.05) is 5.88 Å². The van der Waals surface area contributed by atoms with Gasteiger partial charge in [0, 0.05) is 5.88 Å². The van der Waals surface area contributed by atoms with E-state index >= 15 is 0 Å². The molecule has 0 radical (unpaired) electrons. The van der Waals surface area contributed by atoms with Crippen LogP contribution >= 0.6 is 11.6 Å². The van der Waals surface area contributed by atoms with Gasteiger partial charge in [-0.1, -0.05) is 50.5 Å². The molecule has 1 aromatic carbocycles. The highest BCUT2D eigenvalue weighted by Crippen LogP contribution is 2.44. The fourth-order valence-electron chi connectivity index (χ4n) is 3.64. The quantitative estimate of drug-likeness (QED) is 0.552. The van der Waals surface area contributed by atoms with Gasteiger partial charge in [0.2, 0.25) is 0 Å². The molecule has 0 atom stereocenters. The highest BCUT2D eigenvalue weighted by atomic mass is 35.5. The molecule has 0 bridgehead atoms. The van der Waals surface area contributed by atoms with Crippen LogP contribution in [0.25, 0.3) is 0 Å². The Bertz CT molecular complexity index is 402. The minimum atomic E-state index is 0.358. The van der Waals surface area contributed by atoms with Crippen molar-refractivity contribution in [3.05, 3.63) is 35.4 Å². The molecule has 2 rings (SSSR count). The molecule has 1 aromatic rings. The molecule has 1 aliphatic rings. The lowest BCUT2D eigenvalue weighted by atomic mass is 9.67. The summed E-state index contributed by atoms with van der Waals surface area (Å²) < 4.78 is 0. The second-order valence-corrected chi connectivity index (χ2v) is 7.09. The zero-order valence-electron chi connectivity index (χ0n) is 13.1. The van der Waals surface area contributed by atoms with Crippen LogP contribution in [0, 0.1) is 18.3 Å². The Balaban J connectivity index is 1.97. The van der Waals surface area contributed by atoms with E-state index in [1.165, 1.54) is 62.5 Å². The molecular formula is C19H29Cl. The average Bonchev–Trinajstić information content (AvgIpc) is 2.49.